The molecule has 4 nitrogen and oxygen atoms in total. The summed E-state index contributed by atoms with van der Waals surface area (Å²) in [4.78, 5) is 26.2. The first kappa shape index (κ1) is 22.1. The minimum atomic E-state index is -0.674. The van der Waals surface area contributed by atoms with E-state index >= 15 is 0 Å². The molecular weight excluding hydrogens is 447 g/mol. The summed E-state index contributed by atoms with van der Waals surface area (Å²) in [5.41, 5.74) is 1.57. The molecule has 0 spiro atoms. The van der Waals surface area contributed by atoms with Crippen molar-refractivity contribution in [2.45, 2.75) is 26.2 Å². The van der Waals surface area contributed by atoms with Gasteiger partial charge in [-0.05, 0) is 53.4 Å². The summed E-state index contributed by atoms with van der Waals surface area (Å²) >= 11 is 12.4. The molecule has 162 valence electrons. The van der Waals surface area contributed by atoms with Crippen molar-refractivity contribution in [3.05, 3.63) is 98.1 Å². The fourth-order valence-corrected chi connectivity index (χ4v) is 3.72. The van der Waals surface area contributed by atoms with E-state index in [-0.39, 0.29) is 22.3 Å². The van der Waals surface area contributed by atoms with Crippen LogP contribution >= 0.6 is 23.2 Å². The lowest BCUT2D eigenvalue weighted by Crippen LogP contribution is -2.17. The van der Waals surface area contributed by atoms with Crippen LogP contribution in [0.4, 0.5) is 0 Å². The van der Waals surface area contributed by atoms with Crippen molar-refractivity contribution in [1.82, 2.24) is 0 Å². The Labute approximate surface area is 195 Å². The number of rotatable bonds is 3. The van der Waals surface area contributed by atoms with Gasteiger partial charge in [0.2, 0.25) is 11.2 Å². The Morgan fingerprint density at radius 1 is 0.938 bits per heavy atom. The lowest BCUT2D eigenvalue weighted by atomic mass is 9.87. The zero-order valence-electron chi connectivity index (χ0n) is 17.7. The second-order valence-corrected chi connectivity index (χ2v) is 9.27. The fourth-order valence-electron chi connectivity index (χ4n) is 3.32. The zero-order chi connectivity index (χ0) is 23.0. The topological polar surface area (TPSA) is 56.5 Å². The van der Waals surface area contributed by atoms with Gasteiger partial charge in [0.15, 0.2) is 5.76 Å². The van der Waals surface area contributed by atoms with Gasteiger partial charge >= 0.3 is 5.97 Å². The molecule has 0 aliphatic carbocycles. The first-order valence-electron chi connectivity index (χ1n) is 9.99. The quantitative estimate of drug-likeness (QED) is 0.297. The average Bonchev–Trinajstić information content (AvgIpc) is 2.76. The molecule has 0 unspecified atom stereocenters. The van der Waals surface area contributed by atoms with Crippen molar-refractivity contribution in [3.63, 3.8) is 0 Å². The molecular formula is C26H20Cl2O4. The van der Waals surface area contributed by atoms with E-state index in [1.807, 2.05) is 12.1 Å². The highest BCUT2D eigenvalue weighted by molar-refractivity contribution is 6.33. The van der Waals surface area contributed by atoms with Crippen LogP contribution in [0, 0.1) is 0 Å². The van der Waals surface area contributed by atoms with Crippen molar-refractivity contribution in [1.29, 1.82) is 0 Å². The molecule has 4 aromatic rings. The van der Waals surface area contributed by atoms with Crippen molar-refractivity contribution >= 4 is 40.1 Å². The van der Waals surface area contributed by atoms with Gasteiger partial charge in [-0.1, -0.05) is 68.2 Å². The molecule has 0 fully saturated rings. The van der Waals surface area contributed by atoms with Crippen molar-refractivity contribution in [3.8, 4) is 17.1 Å². The highest BCUT2D eigenvalue weighted by Crippen LogP contribution is 2.36. The van der Waals surface area contributed by atoms with Crippen LogP contribution in [0.5, 0.6) is 5.75 Å². The summed E-state index contributed by atoms with van der Waals surface area (Å²) in [6, 6.07) is 18.7. The molecule has 0 bridgehead atoms. The van der Waals surface area contributed by atoms with Gasteiger partial charge in [-0.3, -0.25) is 4.79 Å². The van der Waals surface area contributed by atoms with Crippen LogP contribution in [0.2, 0.25) is 10.0 Å². The summed E-state index contributed by atoms with van der Waals surface area (Å²) in [6.07, 6.45) is 0. The predicted molar refractivity (Wildman–Crippen MR) is 128 cm³/mol. The average molecular weight is 467 g/mol. The number of benzene rings is 3. The van der Waals surface area contributed by atoms with Crippen molar-refractivity contribution in [2.75, 3.05) is 0 Å². The summed E-state index contributed by atoms with van der Waals surface area (Å²) in [7, 11) is 0. The lowest BCUT2D eigenvalue weighted by Gasteiger charge is -2.19. The molecule has 0 saturated carbocycles. The molecule has 3 aromatic carbocycles. The monoisotopic (exact) mass is 466 g/mol. The number of ether oxygens (including phenoxy) is 1. The molecule has 0 saturated heterocycles. The Balaban J connectivity index is 1.84. The van der Waals surface area contributed by atoms with Crippen LogP contribution in [0.1, 0.15) is 36.7 Å². The second-order valence-electron chi connectivity index (χ2n) is 8.43. The smallest absolute Gasteiger partial charge is 0.343 e. The van der Waals surface area contributed by atoms with Gasteiger partial charge in [0, 0.05) is 10.6 Å². The third kappa shape index (κ3) is 4.29. The van der Waals surface area contributed by atoms with E-state index in [0.717, 1.165) is 5.56 Å². The van der Waals surface area contributed by atoms with E-state index in [1.165, 1.54) is 6.07 Å². The number of hydrogen-bond acceptors (Lipinski definition) is 4. The number of carbonyl (C=O) groups is 1. The Morgan fingerprint density at radius 2 is 1.62 bits per heavy atom. The summed E-state index contributed by atoms with van der Waals surface area (Å²) < 4.78 is 11.6. The van der Waals surface area contributed by atoms with E-state index in [9.17, 15) is 9.59 Å². The van der Waals surface area contributed by atoms with Gasteiger partial charge in [-0.2, -0.15) is 0 Å². The summed E-state index contributed by atoms with van der Waals surface area (Å²) in [6.45, 7) is 6.25. The van der Waals surface area contributed by atoms with Crippen LogP contribution in [0.3, 0.4) is 0 Å². The minimum absolute atomic E-state index is 0.0572. The summed E-state index contributed by atoms with van der Waals surface area (Å²) in [5, 5.41) is 0.931. The number of halogens is 2. The Bertz CT molecular complexity index is 1380. The Morgan fingerprint density at radius 3 is 2.28 bits per heavy atom. The van der Waals surface area contributed by atoms with Crippen molar-refractivity contribution in [2.24, 2.45) is 0 Å². The van der Waals surface area contributed by atoms with Crippen LogP contribution in [-0.4, -0.2) is 5.97 Å². The fraction of sp³-hybridized carbons (Fsp3) is 0.154. The number of esters is 1. The van der Waals surface area contributed by atoms with E-state index < -0.39 is 11.4 Å². The molecule has 1 heterocycles. The van der Waals surface area contributed by atoms with Crippen LogP contribution in [0.25, 0.3) is 22.3 Å². The molecule has 0 N–H and O–H groups in total. The molecule has 4 rings (SSSR count). The molecule has 0 atom stereocenters. The number of carbonyl (C=O) groups excluding carboxylic acids is 1. The highest BCUT2D eigenvalue weighted by atomic mass is 35.5. The Hall–Kier alpha value is -3.08. The molecule has 0 aliphatic heterocycles. The van der Waals surface area contributed by atoms with Crippen molar-refractivity contribution < 1.29 is 13.9 Å². The largest absolute Gasteiger partial charge is 0.452 e. The molecule has 32 heavy (non-hydrogen) atoms. The predicted octanol–water partition coefficient (Wildman–Crippen LogP) is 7.28. The second kappa shape index (κ2) is 8.45. The van der Waals surface area contributed by atoms with Gasteiger partial charge in [0.05, 0.1) is 16.0 Å². The SMILES string of the molecule is CC(C)(C)c1ccc(C(=O)Oc2c(-c3ccccc3Cl)oc3ccc(Cl)cc3c2=O)cc1. The number of fused-ring (bicyclic) bond motifs is 1. The molecule has 1 aromatic heterocycles. The first-order chi connectivity index (χ1) is 15.1. The standard InChI is InChI=1S/C26H20Cl2O4/c1-26(2,3)16-10-8-15(9-11-16)25(30)32-24-22(29)19-14-17(27)12-13-21(19)31-23(24)18-6-4-5-7-20(18)28/h4-14H,1-3H3. The van der Waals surface area contributed by atoms with Crippen LogP contribution in [-0.2, 0) is 5.41 Å². The first-order valence-corrected chi connectivity index (χ1v) is 10.7. The Kier molecular flexibility index (Phi) is 5.85. The van der Waals surface area contributed by atoms with E-state index in [2.05, 4.69) is 20.8 Å². The van der Waals surface area contributed by atoms with E-state index in [1.54, 1.807) is 48.5 Å². The van der Waals surface area contributed by atoms with Crippen LogP contribution < -0.4 is 10.2 Å². The maximum Gasteiger partial charge on any atom is 0.343 e. The molecule has 0 aliphatic rings. The van der Waals surface area contributed by atoms with Gasteiger partial charge in [-0.15, -0.1) is 0 Å². The number of hydrogen-bond donors (Lipinski definition) is 0. The third-order valence-electron chi connectivity index (χ3n) is 5.11. The van der Waals surface area contributed by atoms with Crippen LogP contribution in [0.15, 0.2) is 75.9 Å². The summed E-state index contributed by atoms with van der Waals surface area (Å²) in [5.74, 6) is -0.833. The van der Waals surface area contributed by atoms with E-state index in [0.29, 0.717) is 26.8 Å². The normalized spacial score (nSPS) is 11.5. The molecule has 0 radical (unpaired) electrons. The minimum Gasteiger partial charge on any atom is -0.452 e. The maximum absolute atomic E-state index is 13.3. The molecule has 0 amide bonds. The third-order valence-corrected chi connectivity index (χ3v) is 5.68. The maximum atomic E-state index is 13.3. The zero-order valence-corrected chi connectivity index (χ0v) is 19.3. The van der Waals surface area contributed by atoms with Gasteiger partial charge in [-0.25, -0.2) is 4.79 Å². The van der Waals surface area contributed by atoms with Gasteiger partial charge < -0.3 is 9.15 Å². The lowest BCUT2D eigenvalue weighted by molar-refractivity contribution is 0.0731. The van der Waals surface area contributed by atoms with Gasteiger partial charge in [0.25, 0.3) is 0 Å². The van der Waals surface area contributed by atoms with Gasteiger partial charge in [0.1, 0.15) is 5.58 Å². The highest BCUT2D eigenvalue weighted by Gasteiger charge is 2.23. The molecule has 6 heteroatoms. The van der Waals surface area contributed by atoms with E-state index in [4.69, 9.17) is 32.4 Å².